The molecule has 1 aliphatic rings. The molecule has 1 aliphatic heterocycles. The standard InChI is InChI=1S/C28H29N3O5/c1-18-16-23(19(2)31(18)22-12-10-21(11-13-22)25(33)36-4)24(32)17-30-26(34)28(3,29-27(30)35)15-14-20-8-6-5-7-9-20/h5-13,16H,14-15,17H2,1-4H3,(H,29,35). The van der Waals surface area contributed by atoms with Crippen LogP contribution in [0.25, 0.3) is 5.69 Å². The van der Waals surface area contributed by atoms with Gasteiger partial charge in [-0.3, -0.25) is 14.5 Å². The van der Waals surface area contributed by atoms with Gasteiger partial charge in [-0.05, 0) is 69.5 Å². The second-order valence-electron chi connectivity index (χ2n) is 9.22. The van der Waals surface area contributed by atoms with Crippen LogP contribution in [-0.4, -0.2) is 52.4 Å². The second kappa shape index (κ2) is 9.81. The number of amides is 3. The van der Waals surface area contributed by atoms with E-state index in [1.165, 1.54) is 7.11 Å². The minimum Gasteiger partial charge on any atom is -0.465 e. The van der Waals surface area contributed by atoms with E-state index in [0.29, 0.717) is 29.7 Å². The third-order valence-electron chi connectivity index (χ3n) is 6.68. The summed E-state index contributed by atoms with van der Waals surface area (Å²) in [6, 6.07) is 17.8. The average Bonchev–Trinajstić information content (AvgIpc) is 3.29. The van der Waals surface area contributed by atoms with E-state index >= 15 is 0 Å². The molecule has 1 unspecified atom stereocenters. The lowest BCUT2D eigenvalue weighted by atomic mass is 9.93. The van der Waals surface area contributed by atoms with Gasteiger partial charge in [0.2, 0.25) is 0 Å². The van der Waals surface area contributed by atoms with Crippen LogP contribution in [0.1, 0.15) is 51.0 Å². The zero-order chi connectivity index (χ0) is 26.0. The maximum absolute atomic E-state index is 13.2. The number of aromatic nitrogens is 1. The summed E-state index contributed by atoms with van der Waals surface area (Å²) in [6.45, 7) is 5.04. The van der Waals surface area contributed by atoms with Gasteiger partial charge in [-0.2, -0.15) is 0 Å². The summed E-state index contributed by atoms with van der Waals surface area (Å²) in [5.41, 5.74) is 3.14. The number of aryl methyl sites for hydroxylation is 2. The number of hydrogen-bond donors (Lipinski definition) is 1. The molecular formula is C28H29N3O5. The molecule has 1 saturated heterocycles. The molecule has 0 saturated carbocycles. The number of nitrogens with one attached hydrogen (secondary N) is 1. The van der Waals surface area contributed by atoms with Gasteiger partial charge in [0.1, 0.15) is 5.54 Å². The van der Waals surface area contributed by atoms with Crippen molar-refractivity contribution in [3.63, 3.8) is 0 Å². The number of nitrogens with zero attached hydrogens (tertiary/aromatic N) is 2. The Hall–Kier alpha value is -4.20. The number of methoxy groups -OCH3 is 1. The highest BCUT2D eigenvalue weighted by Crippen LogP contribution is 2.26. The lowest BCUT2D eigenvalue weighted by Crippen LogP contribution is -2.44. The quantitative estimate of drug-likeness (QED) is 0.294. The molecule has 1 aromatic heterocycles. The molecule has 1 atom stereocenters. The van der Waals surface area contributed by atoms with E-state index in [1.54, 1.807) is 37.3 Å². The summed E-state index contributed by atoms with van der Waals surface area (Å²) in [7, 11) is 1.33. The van der Waals surface area contributed by atoms with Crippen LogP contribution < -0.4 is 5.32 Å². The van der Waals surface area contributed by atoms with Gasteiger partial charge in [-0.15, -0.1) is 0 Å². The number of carbonyl (C=O) groups excluding carboxylic acids is 4. The van der Waals surface area contributed by atoms with Crippen molar-refractivity contribution in [1.82, 2.24) is 14.8 Å². The predicted molar refractivity (Wildman–Crippen MR) is 134 cm³/mol. The van der Waals surface area contributed by atoms with Gasteiger partial charge >= 0.3 is 12.0 Å². The number of Topliss-reactive ketones (excluding diaryl/α,β-unsaturated/α-hetero) is 1. The Morgan fingerprint density at radius 3 is 2.31 bits per heavy atom. The van der Waals surface area contributed by atoms with E-state index in [9.17, 15) is 19.2 Å². The van der Waals surface area contributed by atoms with Crippen molar-refractivity contribution in [2.75, 3.05) is 13.7 Å². The first-order valence-electron chi connectivity index (χ1n) is 11.7. The van der Waals surface area contributed by atoms with E-state index in [0.717, 1.165) is 21.8 Å². The van der Waals surface area contributed by atoms with Crippen molar-refractivity contribution >= 4 is 23.7 Å². The van der Waals surface area contributed by atoms with Crippen LogP contribution in [0.4, 0.5) is 4.79 Å². The lowest BCUT2D eigenvalue weighted by molar-refractivity contribution is -0.130. The number of hydrogen-bond acceptors (Lipinski definition) is 5. The number of ether oxygens (including phenoxy) is 1. The molecule has 1 fully saturated rings. The fourth-order valence-corrected chi connectivity index (χ4v) is 4.63. The van der Waals surface area contributed by atoms with E-state index in [-0.39, 0.29) is 12.3 Å². The van der Waals surface area contributed by atoms with Gasteiger partial charge in [0.05, 0.1) is 19.2 Å². The van der Waals surface area contributed by atoms with Crippen LogP contribution in [0.2, 0.25) is 0 Å². The third kappa shape index (κ3) is 4.66. The Balaban J connectivity index is 1.50. The number of imide groups is 1. The molecule has 8 nitrogen and oxygen atoms in total. The van der Waals surface area contributed by atoms with Gasteiger partial charge in [0.25, 0.3) is 5.91 Å². The van der Waals surface area contributed by atoms with Crippen LogP contribution in [0.3, 0.4) is 0 Å². The Morgan fingerprint density at radius 1 is 1.00 bits per heavy atom. The first-order valence-corrected chi connectivity index (χ1v) is 11.7. The number of carbonyl (C=O) groups is 4. The molecule has 3 amide bonds. The highest BCUT2D eigenvalue weighted by atomic mass is 16.5. The highest BCUT2D eigenvalue weighted by molar-refractivity contribution is 6.11. The summed E-state index contributed by atoms with van der Waals surface area (Å²) in [4.78, 5) is 51.8. The fraction of sp³-hybridized carbons (Fsp3) is 0.286. The van der Waals surface area contributed by atoms with Crippen molar-refractivity contribution in [2.24, 2.45) is 0 Å². The van der Waals surface area contributed by atoms with Crippen LogP contribution in [-0.2, 0) is 16.0 Å². The Bertz CT molecular complexity index is 1330. The zero-order valence-electron chi connectivity index (χ0n) is 20.8. The Morgan fingerprint density at radius 2 is 1.67 bits per heavy atom. The Labute approximate surface area is 209 Å². The minimum absolute atomic E-state index is 0.323. The molecule has 3 aromatic rings. The van der Waals surface area contributed by atoms with Crippen molar-refractivity contribution in [1.29, 1.82) is 0 Å². The smallest absolute Gasteiger partial charge is 0.337 e. The van der Waals surface area contributed by atoms with Gasteiger partial charge in [-0.25, -0.2) is 9.59 Å². The maximum atomic E-state index is 13.2. The largest absolute Gasteiger partial charge is 0.465 e. The normalized spacial score (nSPS) is 17.3. The van der Waals surface area contributed by atoms with Gasteiger partial charge in [0, 0.05) is 22.6 Å². The molecular weight excluding hydrogens is 458 g/mol. The van der Waals surface area contributed by atoms with Crippen LogP contribution in [0.5, 0.6) is 0 Å². The van der Waals surface area contributed by atoms with Gasteiger partial charge in [-0.1, -0.05) is 30.3 Å². The molecule has 0 radical (unpaired) electrons. The molecule has 8 heteroatoms. The van der Waals surface area contributed by atoms with E-state index in [2.05, 4.69) is 5.32 Å². The zero-order valence-corrected chi connectivity index (χ0v) is 20.8. The first-order chi connectivity index (χ1) is 17.1. The summed E-state index contributed by atoms with van der Waals surface area (Å²) >= 11 is 0. The third-order valence-corrected chi connectivity index (χ3v) is 6.68. The molecule has 0 spiro atoms. The molecule has 2 heterocycles. The predicted octanol–water partition coefficient (Wildman–Crippen LogP) is 4.01. The second-order valence-corrected chi connectivity index (χ2v) is 9.22. The molecule has 186 valence electrons. The molecule has 36 heavy (non-hydrogen) atoms. The summed E-state index contributed by atoms with van der Waals surface area (Å²) in [5.74, 6) is -1.15. The SMILES string of the molecule is COC(=O)c1ccc(-n2c(C)cc(C(=O)CN3C(=O)NC(C)(CCc4ccccc4)C3=O)c2C)cc1. The number of ketones is 1. The first kappa shape index (κ1) is 24.9. The number of urea groups is 1. The van der Waals surface area contributed by atoms with E-state index in [1.807, 2.05) is 48.7 Å². The summed E-state index contributed by atoms with van der Waals surface area (Å²) in [6.07, 6.45) is 1.06. The average molecular weight is 488 g/mol. The van der Waals surface area contributed by atoms with Gasteiger partial charge in [0.15, 0.2) is 5.78 Å². The fourth-order valence-electron chi connectivity index (χ4n) is 4.63. The van der Waals surface area contributed by atoms with Crippen molar-refractivity contribution in [3.8, 4) is 5.69 Å². The van der Waals surface area contributed by atoms with E-state index in [4.69, 9.17) is 4.74 Å². The molecule has 0 bridgehead atoms. The Kier molecular flexibility index (Phi) is 6.79. The van der Waals surface area contributed by atoms with Crippen LogP contribution in [0, 0.1) is 13.8 Å². The molecule has 4 rings (SSSR count). The van der Waals surface area contributed by atoms with Crippen molar-refractivity contribution in [2.45, 2.75) is 39.2 Å². The van der Waals surface area contributed by atoms with Crippen LogP contribution in [0.15, 0.2) is 60.7 Å². The lowest BCUT2D eigenvalue weighted by Gasteiger charge is -2.21. The number of esters is 1. The van der Waals surface area contributed by atoms with Gasteiger partial charge < -0.3 is 14.6 Å². The van der Waals surface area contributed by atoms with E-state index < -0.39 is 23.4 Å². The van der Waals surface area contributed by atoms with Crippen molar-refractivity contribution in [3.05, 3.63) is 88.7 Å². The molecule has 1 N–H and O–H groups in total. The highest BCUT2D eigenvalue weighted by Gasteiger charge is 2.48. The minimum atomic E-state index is -1.06. The number of benzene rings is 2. The summed E-state index contributed by atoms with van der Waals surface area (Å²) < 4.78 is 6.64. The topological polar surface area (TPSA) is 97.7 Å². The molecule has 2 aromatic carbocycles. The van der Waals surface area contributed by atoms with Crippen molar-refractivity contribution < 1.29 is 23.9 Å². The monoisotopic (exact) mass is 487 g/mol. The summed E-state index contributed by atoms with van der Waals surface area (Å²) in [5, 5.41) is 2.78. The maximum Gasteiger partial charge on any atom is 0.337 e. The van der Waals surface area contributed by atoms with Crippen LogP contribution >= 0.6 is 0 Å². The molecule has 0 aliphatic carbocycles. The number of rotatable bonds is 8.